The molecular weight excluding hydrogens is 380 g/mol. The molecule has 0 atom stereocenters. The summed E-state index contributed by atoms with van der Waals surface area (Å²) in [5, 5.41) is 5.02. The Kier molecular flexibility index (Phi) is 6.59. The number of benzene rings is 2. The minimum atomic E-state index is -4.07. The maximum absolute atomic E-state index is 13.1. The second-order valence-electron chi connectivity index (χ2n) is 5.43. The summed E-state index contributed by atoms with van der Waals surface area (Å²) in [6, 6.07) is 8.32. The number of anilines is 1. The van der Waals surface area contributed by atoms with Gasteiger partial charge in [-0.15, -0.1) is 0 Å². The minimum Gasteiger partial charge on any atom is -0.355 e. The molecule has 2 rings (SSSR count). The van der Waals surface area contributed by atoms with E-state index in [-0.39, 0.29) is 18.9 Å². The largest absolute Gasteiger partial charge is 0.355 e. The van der Waals surface area contributed by atoms with Gasteiger partial charge in [0.25, 0.3) is 5.91 Å². The number of halogens is 2. The van der Waals surface area contributed by atoms with E-state index >= 15 is 0 Å². The van der Waals surface area contributed by atoms with Gasteiger partial charge >= 0.3 is 0 Å². The van der Waals surface area contributed by atoms with Crippen LogP contribution in [-0.4, -0.2) is 33.8 Å². The topological polar surface area (TPSA) is 104 Å². The summed E-state index contributed by atoms with van der Waals surface area (Å²) in [5.41, 5.74) is 0.867. The van der Waals surface area contributed by atoms with E-state index in [1.807, 2.05) is 0 Å². The lowest BCUT2D eigenvalue weighted by molar-refractivity contribution is -0.116. The van der Waals surface area contributed by atoms with Crippen molar-refractivity contribution in [2.45, 2.75) is 11.3 Å². The van der Waals surface area contributed by atoms with Crippen LogP contribution >= 0.6 is 0 Å². The molecule has 0 spiro atoms. The first kappa shape index (κ1) is 20.5. The SMILES string of the molecule is CNC(=O)c1ccc(NC(=O)CCNS(=O)(=O)c2ccc(F)c(F)c2)cc1. The van der Waals surface area contributed by atoms with E-state index in [1.54, 1.807) is 0 Å². The van der Waals surface area contributed by atoms with Crippen molar-refractivity contribution in [3.8, 4) is 0 Å². The van der Waals surface area contributed by atoms with Crippen LogP contribution < -0.4 is 15.4 Å². The molecule has 0 aliphatic carbocycles. The van der Waals surface area contributed by atoms with Gasteiger partial charge in [0.15, 0.2) is 11.6 Å². The highest BCUT2D eigenvalue weighted by atomic mass is 32.2. The summed E-state index contributed by atoms with van der Waals surface area (Å²) in [4.78, 5) is 22.9. The predicted octanol–water partition coefficient (Wildman–Crippen LogP) is 1.63. The molecule has 0 fully saturated rings. The lowest BCUT2D eigenvalue weighted by atomic mass is 10.2. The molecular formula is C17H17F2N3O4S. The summed E-state index contributed by atoms with van der Waals surface area (Å²) in [5.74, 6) is -3.17. The third-order valence-electron chi connectivity index (χ3n) is 3.50. The molecule has 0 unspecified atom stereocenters. The van der Waals surface area contributed by atoms with E-state index in [2.05, 4.69) is 15.4 Å². The Morgan fingerprint density at radius 2 is 1.67 bits per heavy atom. The highest BCUT2D eigenvalue weighted by Crippen LogP contribution is 2.14. The van der Waals surface area contributed by atoms with Crippen molar-refractivity contribution in [1.82, 2.24) is 10.0 Å². The number of hydrogen-bond acceptors (Lipinski definition) is 4. The molecule has 0 bridgehead atoms. The maximum atomic E-state index is 13.1. The number of sulfonamides is 1. The fraction of sp³-hybridized carbons (Fsp3) is 0.176. The average Bonchev–Trinajstić information content (AvgIpc) is 2.63. The molecule has 0 saturated carbocycles. The third-order valence-corrected chi connectivity index (χ3v) is 4.96. The van der Waals surface area contributed by atoms with Gasteiger partial charge in [-0.2, -0.15) is 0 Å². The number of carbonyl (C=O) groups is 2. The van der Waals surface area contributed by atoms with Gasteiger partial charge in [0.1, 0.15) is 0 Å². The molecule has 10 heteroatoms. The first-order chi connectivity index (χ1) is 12.7. The Bertz CT molecular complexity index is 947. The zero-order chi connectivity index (χ0) is 20.0. The van der Waals surface area contributed by atoms with E-state index in [9.17, 15) is 26.8 Å². The molecule has 0 radical (unpaired) electrons. The third kappa shape index (κ3) is 5.56. The van der Waals surface area contributed by atoms with Crippen LogP contribution in [0.1, 0.15) is 16.8 Å². The summed E-state index contributed by atoms with van der Waals surface area (Å²) in [6.07, 6.45) is -0.180. The monoisotopic (exact) mass is 397 g/mol. The van der Waals surface area contributed by atoms with Gasteiger partial charge in [0.2, 0.25) is 15.9 Å². The highest BCUT2D eigenvalue weighted by molar-refractivity contribution is 7.89. The number of nitrogens with one attached hydrogen (secondary N) is 3. The predicted molar refractivity (Wildman–Crippen MR) is 94.6 cm³/mol. The van der Waals surface area contributed by atoms with E-state index in [0.717, 1.165) is 6.07 Å². The lowest BCUT2D eigenvalue weighted by Gasteiger charge is -2.08. The molecule has 2 aromatic carbocycles. The van der Waals surface area contributed by atoms with E-state index in [0.29, 0.717) is 23.4 Å². The van der Waals surface area contributed by atoms with Crippen molar-refractivity contribution in [2.24, 2.45) is 0 Å². The van der Waals surface area contributed by atoms with Gasteiger partial charge in [-0.05, 0) is 42.5 Å². The minimum absolute atomic E-state index is 0.180. The maximum Gasteiger partial charge on any atom is 0.251 e. The molecule has 3 N–H and O–H groups in total. The number of hydrogen-bond donors (Lipinski definition) is 3. The van der Waals surface area contributed by atoms with Crippen molar-refractivity contribution in [1.29, 1.82) is 0 Å². The molecule has 2 amide bonds. The molecule has 27 heavy (non-hydrogen) atoms. The summed E-state index contributed by atoms with van der Waals surface area (Å²) in [7, 11) is -2.57. The Balaban J connectivity index is 1.88. The number of amides is 2. The number of carbonyl (C=O) groups excluding carboxylic acids is 2. The first-order valence-corrected chi connectivity index (χ1v) is 9.28. The summed E-state index contributed by atoms with van der Waals surface area (Å²) in [6.45, 7) is -0.233. The Morgan fingerprint density at radius 3 is 2.26 bits per heavy atom. The molecule has 0 aliphatic heterocycles. The van der Waals surface area contributed by atoms with Crippen molar-refractivity contribution in [2.75, 3.05) is 18.9 Å². The smallest absolute Gasteiger partial charge is 0.251 e. The van der Waals surface area contributed by atoms with Crippen molar-refractivity contribution in [3.05, 3.63) is 59.7 Å². The van der Waals surface area contributed by atoms with Gasteiger partial charge in [-0.25, -0.2) is 21.9 Å². The Morgan fingerprint density at radius 1 is 1.00 bits per heavy atom. The van der Waals surface area contributed by atoms with Crippen LogP contribution in [0.25, 0.3) is 0 Å². The Labute approximate surface area is 154 Å². The van der Waals surface area contributed by atoms with Gasteiger partial charge in [0.05, 0.1) is 4.90 Å². The first-order valence-electron chi connectivity index (χ1n) is 7.79. The quantitative estimate of drug-likeness (QED) is 0.661. The summed E-state index contributed by atoms with van der Waals surface area (Å²) < 4.78 is 52.2. The molecule has 144 valence electrons. The fourth-order valence-electron chi connectivity index (χ4n) is 2.10. The highest BCUT2D eigenvalue weighted by Gasteiger charge is 2.16. The molecule has 2 aromatic rings. The van der Waals surface area contributed by atoms with E-state index in [1.165, 1.54) is 31.3 Å². The zero-order valence-corrected chi connectivity index (χ0v) is 15.1. The molecule has 0 saturated heterocycles. The van der Waals surface area contributed by atoms with Gasteiger partial charge in [-0.1, -0.05) is 0 Å². The zero-order valence-electron chi connectivity index (χ0n) is 14.3. The summed E-state index contributed by atoms with van der Waals surface area (Å²) >= 11 is 0. The van der Waals surface area contributed by atoms with Crippen LogP contribution in [0.5, 0.6) is 0 Å². The standard InChI is InChI=1S/C17H17F2N3O4S/c1-20-17(24)11-2-4-12(5-3-11)22-16(23)8-9-21-27(25,26)13-6-7-14(18)15(19)10-13/h2-7,10,21H,8-9H2,1H3,(H,20,24)(H,22,23). The van der Waals surface area contributed by atoms with Crippen LogP contribution in [0, 0.1) is 11.6 Å². The van der Waals surface area contributed by atoms with Gasteiger partial charge in [0, 0.05) is 31.3 Å². The van der Waals surface area contributed by atoms with Crippen LogP contribution in [-0.2, 0) is 14.8 Å². The second-order valence-corrected chi connectivity index (χ2v) is 7.20. The van der Waals surface area contributed by atoms with Crippen LogP contribution in [0.4, 0.5) is 14.5 Å². The normalized spacial score (nSPS) is 11.1. The van der Waals surface area contributed by atoms with Crippen molar-refractivity contribution < 1.29 is 26.8 Å². The van der Waals surface area contributed by atoms with Crippen LogP contribution in [0.15, 0.2) is 47.4 Å². The average molecular weight is 397 g/mol. The van der Waals surface area contributed by atoms with Gasteiger partial charge < -0.3 is 10.6 Å². The van der Waals surface area contributed by atoms with E-state index < -0.39 is 32.5 Å². The number of rotatable bonds is 7. The van der Waals surface area contributed by atoms with Gasteiger partial charge in [-0.3, -0.25) is 9.59 Å². The van der Waals surface area contributed by atoms with Crippen LogP contribution in [0.2, 0.25) is 0 Å². The van der Waals surface area contributed by atoms with Crippen LogP contribution in [0.3, 0.4) is 0 Å². The lowest BCUT2D eigenvalue weighted by Crippen LogP contribution is -2.28. The fourth-order valence-corrected chi connectivity index (χ4v) is 3.14. The molecule has 0 aromatic heterocycles. The molecule has 7 nitrogen and oxygen atoms in total. The van der Waals surface area contributed by atoms with Crippen molar-refractivity contribution >= 4 is 27.5 Å². The second kappa shape index (κ2) is 8.69. The Hall–Kier alpha value is -2.85. The van der Waals surface area contributed by atoms with Crippen molar-refractivity contribution in [3.63, 3.8) is 0 Å². The van der Waals surface area contributed by atoms with E-state index in [4.69, 9.17) is 0 Å². The molecule has 0 aliphatic rings. The molecule has 0 heterocycles.